The molecule has 2 nitrogen and oxygen atoms in total. The number of pyridine rings is 1. The average molecular weight is 267 g/mol. The van der Waals surface area contributed by atoms with Crippen LogP contribution in [0.1, 0.15) is 30.5 Å². The van der Waals surface area contributed by atoms with Gasteiger partial charge in [-0.3, -0.25) is 4.98 Å². The van der Waals surface area contributed by atoms with Gasteiger partial charge < -0.3 is 5.73 Å². The topological polar surface area (TPSA) is 38.9 Å². The third-order valence-corrected chi connectivity index (χ3v) is 3.52. The fourth-order valence-electron chi connectivity index (χ4n) is 2.61. The first-order valence-electron chi connectivity index (χ1n) is 6.12. The number of fused-ring (bicyclic) bond motifs is 2. The molecule has 1 aromatic carbocycles. The van der Waals surface area contributed by atoms with Crippen LogP contribution in [0.15, 0.2) is 18.2 Å². The molecule has 0 amide bonds. The fourth-order valence-corrected chi connectivity index (χ4v) is 2.61. The van der Waals surface area contributed by atoms with E-state index in [1.807, 2.05) is 0 Å². The maximum absolute atomic E-state index is 13.2. The quantitative estimate of drug-likeness (QED) is 0.740. The number of nitrogens with zero attached hydrogens (tertiary/aromatic N) is 1. The number of nitrogens with two attached hydrogens (primary N) is 1. The van der Waals surface area contributed by atoms with E-state index in [0.29, 0.717) is 0 Å². The lowest BCUT2D eigenvalue weighted by molar-refractivity contribution is 0.629. The molecule has 96 valence electrons. The predicted octanol–water partition coefficient (Wildman–Crippen LogP) is 3.65. The minimum absolute atomic E-state index is 0. The second kappa shape index (κ2) is 5.11. The Morgan fingerprint density at radius 1 is 1.11 bits per heavy atom. The number of anilines is 1. The van der Waals surface area contributed by atoms with E-state index in [-0.39, 0.29) is 18.2 Å². The summed E-state index contributed by atoms with van der Waals surface area (Å²) in [6.07, 6.45) is 5.51. The summed E-state index contributed by atoms with van der Waals surface area (Å²) < 4.78 is 13.2. The molecule has 3 rings (SSSR count). The number of aromatic nitrogens is 1. The van der Waals surface area contributed by atoms with E-state index in [1.165, 1.54) is 25.0 Å². The standard InChI is InChI=1S/C14H15FN2.ClH/c15-9-6-7-13-11(8-9)14(16)10-4-2-1-3-5-12(10)17-13;/h6-8H,1-5H2,(H2,16,17);1H. The van der Waals surface area contributed by atoms with Crippen LogP contribution in [-0.2, 0) is 12.8 Å². The van der Waals surface area contributed by atoms with Crippen molar-refractivity contribution in [2.45, 2.75) is 32.1 Å². The summed E-state index contributed by atoms with van der Waals surface area (Å²) in [7, 11) is 0. The Bertz CT molecular complexity index is 584. The Kier molecular flexibility index (Phi) is 3.71. The Morgan fingerprint density at radius 2 is 1.89 bits per heavy atom. The second-order valence-electron chi connectivity index (χ2n) is 4.67. The molecule has 2 N–H and O–H groups in total. The molecule has 2 aromatic rings. The lowest BCUT2D eigenvalue weighted by Gasteiger charge is -2.11. The molecule has 1 aliphatic rings. The molecule has 0 saturated heterocycles. The maximum atomic E-state index is 13.2. The van der Waals surface area contributed by atoms with Crippen molar-refractivity contribution in [3.63, 3.8) is 0 Å². The summed E-state index contributed by atoms with van der Waals surface area (Å²) in [6.45, 7) is 0. The summed E-state index contributed by atoms with van der Waals surface area (Å²) in [5.41, 5.74) is 9.96. The van der Waals surface area contributed by atoms with Gasteiger partial charge in [0.2, 0.25) is 0 Å². The van der Waals surface area contributed by atoms with E-state index < -0.39 is 0 Å². The molecule has 4 heteroatoms. The molecule has 0 radical (unpaired) electrons. The summed E-state index contributed by atoms with van der Waals surface area (Å²) in [5.74, 6) is -0.250. The number of rotatable bonds is 0. The van der Waals surface area contributed by atoms with Crippen molar-refractivity contribution in [3.8, 4) is 0 Å². The molecule has 0 atom stereocenters. The van der Waals surface area contributed by atoms with Crippen LogP contribution in [-0.4, -0.2) is 4.98 Å². The van der Waals surface area contributed by atoms with Gasteiger partial charge in [-0.1, -0.05) is 6.42 Å². The summed E-state index contributed by atoms with van der Waals surface area (Å²) >= 11 is 0. The molecule has 0 unspecified atom stereocenters. The van der Waals surface area contributed by atoms with Gasteiger partial charge in [0.15, 0.2) is 0 Å². The fraction of sp³-hybridized carbons (Fsp3) is 0.357. The highest BCUT2D eigenvalue weighted by atomic mass is 35.5. The lowest BCUT2D eigenvalue weighted by Crippen LogP contribution is -2.03. The molecular weight excluding hydrogens is 251 g/mol. The van der Waals surface area contributed by atoms with Crippen molar-refractivity contribution in [2.24, 2.45) is 0 Å². The van der Waals surface area contributed by atoms with Crippen LogP contribution in [0.5, 0.6) is 0 Å². The van der Waals surface area contributed by atoms with Crippen LogP contribution in [0.4, 0.5) is 10.1 Å². The lowest BCUT2D eigenvalue weighted by atomic mass is 10.0. The molecule has 0 spiro atoms. The van der Waals surface area contributed by atoms with Crippen LogP contribution in [0, 0.1) is 5.82 Å². The summed E-state index contributed by atoms with van der Waals surface area (Å²) in [4.78, 5) is 4.63. The van der Waals surface area contributed by atoms with E-state index in [2.05, 4.69) is 4.98 Å². The largest absolute Gasteiger partial charge is 0.398 e. The van der Waals surface area contributed by atoms with Gasteiger partial charge in [0.1, 0.15) is 5.82 Å². The molecule has 0 saturated carbocycles. The van der Waals surface area contributed by atoms with Crippen LogP contribution in [0.2, 0.25) is 0 Å². The Hall–Kier alpha value is -1.35. The maximum Gasteiger partial charge on any atom is 0.124 e. The molecule has 1 aliphatic carbocycles. The second-order valence-corrected chi connectivity index (χ2v) is 4.67. The average Bonchev–Trinajstić information content (AvgIpc) is 2.56. The normalized spacial score (nSPS) is 14.7. The zero-order valence-corrected chi connectivity index (χ0v) is 10.9. The molecule has 0 aliphatic heterocycles. The van der Waals surface area contributed by atoms with Crippen molar-refractivity contribution < 1.29 is 4.39 Å². The smallest absolute Gasteiger partial charge is 0.124 e. The van der Waals surface area contributed by atoms with Crippen LogP contribution >= 0.6 is 12.4 Å². The minimum Gasteiger partial charge on any atom is -0.398 e. The van der Waals surface area contributed by atoms with E-state index >= 15 is 0 Å². The van der Waals surface area contributed by atoms with E-state index in [0.717, 1.165) is 47.1 Å². The van der Waals surface area contributed by atoms with Crippen molar-refractivity contribution in [2.75, 3.05) is 5.73 Å². The zero-order chi connectivity index (χ0) is 11.8. The van der Waals surface area contributed by atoms with Crippen molar-refractivity contribution >= 4 is 29.0 Å². The monoisotopic (exact) mass is 266 g/mol. The van der Waals surface area contributed by atoms with Gasteiger partial charge in [-0.15, -0.1) is 12.4 Å². The number of nitrogen functional groups attached to an aromatic ring is 1. The number of hydrogen-bond donors (Lipinski definition) is 1. The van der Waals surface area contributed by atoms with Crippen LogP contribution in [0.3, 0.4) is 0 Å². The Morgan fingerprint density at radius 3 is 2.72 bits per heavy atom. The van der Waals surface area contributed by atoms with Crippen LogP contribution in [0.25, 0.3) is 10.9 Å². The zero-order valence-electron chi connectivity index (χ0n) is 10.1. The third kappa shape index (κ3) is 2.15. The first-order chi connectivity index (χ1) is 8.25. The Balaban J connectivity index is 0.00000120. The number of aryl methyl sites for hydroxylation is 1. The van der Waals surface area contributed by atoms with E-state index in [4.69, 9.17) is 5.73 Å². The molecule has 18 heavy (non-hydrogen) atoms. The van der Waals surface area contributed by atoms with Gasteiger partial charge in [0, 0.05) is 16.8 Å². The third-order valence-electron chi connectivity index (χ3n) is 3.52. The molecular formula is C14H16ClFN2. The summed E-state index contributed by atoms with van der Waals surface area (Å²) in [6, 6.07) is 4.65. The number of halogens is 2. The highest BCUT2D eigenvalue weighted by Gasteiger charge is 2.15. The van der Waals surface area contributed by atoms with Gasteiger partial charge in [-0.05, 0) is 49.4 Å². The van der Waals surface area contributed by atoms with Gasteiger partial charge in [-0.2, -0.15) is 0 Å². The molecule has 0 bridgehead atoms. The van der Waals surface area contributed by atoms with E-state index in [1.54, 1.807) is 6.07 Å². The Labute approximate surface area is 112 Å². The molecule has 0 fully saturated rings. The highest BCUT2D eigenvalue weighted by Crippen LogP contribution is 2.30. The van der Waals surface area contributed by atoms with Crippen molar-refractivity contribution in [1.82, 2.24) is 4.98 Å². The summed E-state index contributed by atoms with van der Waals surface area (Å²) in [5, 5.41) is 0.755. The molecule has 1 aromatic heterocycles. The van der Waals surface area contributed by atoms with Gasteiger partial charge in [0.05, 0.1) is 5.52 Å². The van der Waals surface area contributed by atoms with Crippen molar-refractivity contribution in [1.29, 1.82) is 0 Å². The first-order valence-corrected chi connectivity index (χ1v) is 6.12. The number of hydrogen-bond acceptors (Lipinski definition) is 2. The predicted molar refractivity (Wildman–Crippen MR) is 74.6 cm³/mol. The van der Waals surface area contributed by atoms with Crippen molar-refractivity contribution in [3.05, 3.63) is 35.3 Å². The van der Waals surface area contributed by atoms with Crippen LogP contribution < -0.4 is 5.73 Å². The van der Waals surface area contributed by atoms with E-state index in [9.17, 15) is 4.39 Å². The van der Waals surface area contributed by atoms with Gasteiger partial charge in [-0.25, -0.2) is 4.39 Å². The van der Waals surface area contributed by atoms with Gasteiger partial charge >= 0.3 is 0 Å². The highest BCUT2D eigenvalue weighted by molar-refractivity contribution is 5.92. The SMILES string of the molecule is Cl.Nc1c2c(nc3ccc(F)cc13)CCCCC2. The molecule has 1 heterocycles. The first kappa shape index (κ1) is 13.1. The minimum atomic E-state index is -0.250. The van der Waals surface area contributed by atoms with Gasteiger partial charge in [0.25, 0.3) is 0 Å². The number of benzene rings is 1.